The Hall–Kier alpha value is -3.01. The number of aliphatic hydroxyl groups excluding tert-OH is 6. The van der Waals surface area contributed by atoms with Crippen LogP contribution in [0.15, 0.2) is 147 Å². The Morgan fingerprint density at radius 3 is 0.417 bits per heavy atom. The van der Waals surface area contributed by atoms with E-state index in [4.69, 9.17) is 61.3 Å². The van der Waals surface area contributed by atoms with Gasteiger partial charge in [0, 0.05) is 190 Å². The van der Waals surface area contributed by atoms with Crippen molar-refractivity contribution in [3.63, 3.8) is 0 Å². The van der Waals surface area contributed by atoms with Crippen molar-refractivity contribution in [1.82, 2.24) is 29.9 Å². The fourth-order valence-electron chi connectivity index (χ4n) is 3.17. The third kappa shape index (κ3) is 33.7. The van der Waals surface area contributed by atoms with Gasteiger partial charge in [-0.1, -0.05) is 36.4 Å². The van der Waals surface area contributed by atoms with E-state index in [9.17, 15) is 0 Å². The Morgan fingerprint density at radius 1 is 0.250 bits per heavy atom. The Labute approximate surface area is 410 Å². The van der Waals surface area contributed by atoms with Crippen LogP contribution in [0.4, 0.5) is 0 Å². The zero-order valence-electron chi connectivity index (χ0n) is 31.5. The van der Waals surface area contributed by atoms with Crippen LogP contribution < -0.4 is 0 Å². The minimum atomic E-state index is -1.40. The fourth-order valence-corrected chi connectivity index (χ4v) is 3.17. The number of aliphatic hydroxyl groups is 12. The molecule has 2 radical (unpaired) electrons. The molecular weight excluding hydrogens is 1050 g/mol. The van der Waals surface area contributed by atoms with Gasteiger partial charge in [-0.25, -0.2) is 0 Å². The van der Waals surface area contributed by atoms with Gasteiger partial charge in [-0.05, 0) is 36.4 Å². The van der Waals surface area contributed by atoms with E-state index in [1.54, 1.807) is 110 Å². The molecular formula is C36H50N6O16Pr2. The van der Waals surface area contributed by atoms with Gasteiger partial charge in [0.2, 0.25) is 0 Å². The Balaban J connectivity index is -0.000000143. The van der Waals surface area contributed by atoms with Gasteiger partial charge in [-0.2, -0.15) is 0 Å². The molecule has 0 saturated carbocycles. The van der Waals surface area contributed by atoms with Crippen molar-refractivity contribution >= 4 is 0 Å². The molecule has 0 atom stereocenters. The summed E-state index contributed by atoms with van der Waals surface area (Å²) in [7, 11) is 0. The van der Waals surface area contributed by atoms with E-state index >= 15 is 0 Å². The molecule has 0 bridgehead atoms. The standard InChI is InChI=1S/6C6H7NO2.4H2O.2Pr/c6*8-6(9)5-2-1-3-7-4-5;;;;;;/h6*1-4,6,8-9H;4*1H2;;. The second kappa shape index (κ2) is 42.7. The van der Waals surface area contributed by atoms with E-state index < -0.39 is 37.7 Å². The van der Waals surface area contributed by atoms with Gasteiger partial charge < -0.3 is 83.2 Å². The van der Waals surface area contributed by atoms with Gasteiger partial charge in [-0.3, -0.25) is 29.9 Å². The Kier molecular flexibility index (Phi) is 48.9. The first kappa shape index (κ1) is 68.7. The van der Waals surface area contributed by atoms with Crippen molar-refractivity contribution < 1.29 is 166 Å². The van der Waals surface area contributed by atoms with Crippen LogP contribution in [-0.4, -0.2) is 113 Å². The topological polar surface area (TPSA) is 446 Å². The van der Waals surface area contributed by atoms with Gasteiger partial charge in [-0.15, -0.1) is 0 Å². The van der Waals surface area contributed by atoms with Crippen molar-refractivity contribution in [2.45, 2.75) is 37.7 Å². The van der Waals surface area contributed by atoms with Gasteiger partial charge in [0.1, 0.15) is 0 Å². The molecule has 0 saturated heterocycles. The minimum absolute atomic E-state index is 0. The van der Waals surface area contributed by atoms with Crippen LogP contribution in [0.25, 0.3) is 0 Å². The predicted molar refractivity (Wildman–Crippen MR) is 203 cm³/mol. The van der Waals surface area contributed by atoms with Gasteiger partial charge in [0.15, 0.2) is 37.7 Å². The SMILES string of the molecule is O.O.O.O.OC(O)c1cccnc1.OC(O)c1cccnc1.OC(O)c1cccnc1.OC(O)c1cccnc1.OC(O)c1cccnc1.OC(O)c1cccnc1.[Pr].[Pr]. The minimum Gasteiger partial charge on any atom is -0.412 e. The molecule has 0 aliphatic rings. The van der Waals surface area contributed by atoms with Gasteiger partial charge in [0.25, 0.3) is 0 Å². The summed E-state index contributed by atoms with van der Waals surface area (Å²) in [5.41, 5.74) is 2.49. The van der Waals surface area contributed by atoms with E-state index in [-0.39, 0.29) is 104 Å². The summed E-state index contributed by atoms with van der Waals surface area (Å²) in [6.07, 6.45) is 9.47. The number of pyridine rings is 6. The first-order chi connectivity index (χ1) is 25.8. The quantitative estimate of drug-likeness (QED) is 0.0744. The third-order valence-corrected chi connectivity index (χ3v) is 5.90. The van der Waals surface area contributed by atoms with E-state index in [0.717, 1.165) is 0 Å². The molecule has 0 aliphatic carbocycles. The van der Waals surface area contributed by atoms with Crippen LogP contribution in [0.5, 0.6) is 0 Å². The molecule has 6 heterocycles. The second-order valence-corrected chi connectivity index (χ2v) is 9.96. The number of hydrogen-bond donors (Lipinski definition) is 12. The maximum atomic E-state index is 8.54. The van der Waals surface area contributed by atoms with Crippen molar-refractivity contribution in [2.24, 2.45) is 0 Å². The number of rotatable bonds is 6. The average molecular weight is 1100 g/mol. The molecule has 20 N–H and O–H groups in total. The molecule has 6 aromatic rings. The largest absolute Gasteiger partial charge is 0.412 e. The summed E-state index contributed by atoms with van der Waals surface area (Å²) in [4.78, 5) is 22.1. The molecule has 326 valence electrons. The van der Waals surface area contributed by atoms with Crippen LogP contribution in [0.1, 0.15) is 71.1 Å². The zero-order valence-corrected chi connectivity index (χ0v) is 38.9. The summed E-state index contributed by atoms with van der Waals surface area (Å²) in [5, 5.41) is 102. The second-order valence-electron chi connectivity index (χ2n) is 9.96. The fraction of sp³-hybridized carbons (Fsp3) is 0.167. The summed E-state index contributed by atoms with van der Waals surface area (Å²) in [6.45, 7) is 0. The van der Waals surface area contributed by atoms with E-state index in [2.05, 4.69) is 29.9 Å². The summed E-state index contributed by atoms with van der Waals surface area (Å²) in [6, 6.07) is 19.5. The Bertz CT molecular complexity index is 1400. The average Bonchev–Trinajstić information content (AvgIpc) is 3.21. The monoisotopic (exact) mass is 1100 g/mol. The van der Waals surface area contributed by atoms with Crippen LogP contribution in [0.3, 0.4) is 0 Å². The molecule has 0 amide bonds. The molecule has 24 heteroatoms. The molecule has 22 nitrogen and oxygen atoms in total. The van der Waals surface area contributed by atoms with Gasteiger partial charge in [0.05, 0.1) is 0 Å². The molecule has 0 unspecified atom stereocenters. The number of aromatic nitrogens is 6. The van der Waals surface area contributed by atoms with Crippen LogP contribution in [-0.2, 0) is 0 Å². The molecule has 6 aromatic heterocycles. The first-order valence-electron chi connectivity index (χ1n) is 15.4. The summed E-state index contributed by atoms with van der Waals surface area (Å²) < 4.78 is 0. The maximum Gasteiger partial charge on any atom is 0.179 e. The summed E-state index contributed by atoms with van der Waals surface area (Å²) in [5.74, 6) is 0. The van der Waals surface area contributed by atoms with Crippen LogP contribution in [0.2, 0.25) is 0 Å². The van der Waals surface area contributed by atoms with Crippen LogP contribution >= 0.6 is 0 Å². The predicted octanol–water partition coefficient (Wildman–Crippen LogP) is -2.91. The summed E-state index contributed by atoms with van der Waals surface area (Å²) >= 11 is 0. The van der Waals surface area contributed by atoms with Crippen molar-refractivity contribution in [2.75, 3.05) is 0 Å². The van der Waals surface area contributed by atoms with Crippen molar-refractivity contribution in [1.29, 1.82) is 0 Å². The normalized spacial score (nSPS) is 9.10. The first-order valence-corrected chi connectivity index (χ1v) is 15.4. The smallest absolute Gasteiger partial charge is 0.179 e. The molecule has 60 heavy (non-hydrogen) atoms. The van der Waals surface area contributed by atoms with Crippen molar-refractivity contribution in [3.05, 3.63) is 181 Å². The molecule has 0 aliphatic heterocycles. The number of hydrogen-bond acceptors (Lipinski definition) is 18. The van der Waals surface area contributed by atoms with Crippen molar-refractivity contribution in [3.8, 4) is 0 Å². The number of nitrogens with zero attached hydrogens (tertiary/aromatic N) is 6. The molecule has 0 fully saturated rings. The molecule has 6 rings (SSSR count). The molecule has 0 spiro atoms. The van der Waals surface area contributed by atoms with Crippen LogP contribution in [0, 0.1) is 82.6 Å². The third-order valence-electron chi connectivity index (χ3n) is 5.90. The Morgan fingerprint density at radius 2 is 0.367 bits per heavy atom. The maximum absolute atomic E-state index is 8.54. The van der Waals surface area contributed by atoms with E-state index in [1.807, 2.05) is 0 Å². The van der Waals surface area contributed by atoms with Gasteiger partial charge >= 0.3 is 0 Å². The molecule has 0 aromatic carbocycles. The van der Waals surface area contributed by atoms with E-state index in [1.165, 1.54) is 37.2 Å². The van der Waals surface area contributed by atoms with E-state index in [0.29, 0.717) is 33.4 Å². The zero-order chi connectivity index (χ0) is 40.1.